The van der Waals surface area contributed by atoms with E-state index in [0.717, 1.165) is 27.7 Å². The Balaban J connectivity index is 1.51. The fourth-order valence-electron chi connectivity index (χ4n) is 4.52. The molecule has 0 saturated carbocycles. The monoisotopic (exact) mass is 543 g/mol. The number of hydrogen-bond acceptors (Lipinski definition) is 5. The van der Waals surface area contributed by atoms with Gasteiger partial charge in [-0.2, -0.15) is 0 Å². The number of likely N-dealkylation sites (N-methyl/N-ethyl adjacent to an activating group) is 1. The molecule has 4 aromatic rings. The van der Waals surface area contributed by atoms with Crippen molar-refractivity contribution in [1.29, 1.82) is 0 Å². The first-order chi connectivity index (χ1) is 18.4. The predicted molar refractivity (Wildman–Crippen MR) is 155 cm³/mol. The molecule has 1 aliphatic heterocycles. The predicted octanol–water partition coefficient (Wildman–Crippen LogP) is 7.06. The molecule has 0 unspecified atom stereocenters. The van der Waals surface area contributed by atoms with Gasteiger partial charge in [0.15, 0.2) is 5.17 Å². The Morgan fingerprint density at radius 1 is 1.05 bits per heavy atom. The number of para-hydroxylation sites is 1. The number of aliphatic imine (C=N–C) groups is 1. The average Bonchev–Trinajstić information content (AvgIpc) is 3.37. The van der Waals surface area contributed by atoms with Crippen molar-refractivity contribution in [2.45, 2.75) is 20.4 Å². The molecule has 1 aromatic heterocycles. The molecular weight excluding hydrogens is 518 g/mol. The molecule has 192 valence electrons. The smallest absolute Gasteiger partial charge is 0.337 e. The lowest BCUT2D eigenvalue weighted by atomic mass is 10.1. The van der Waals surface area contributed by atoms with Gasteiger partial charge >= 0.3 is 5.97 Å². The molecule has 0 aliphatic carbocycles. The Bertz CT molecular complexity index is 1590. The molecule has 0 atom stereocenters. The van der Waals surface area contributed by atoms with E-state index in [1.165, 1.54) is 18.9 Å². The largest absolute Gasteiger partial charge is 0.465 e. The van der Waals surface area contributed by atoms with Crippen molar-refractivity contribution >= 4 is 63.1 Å². The van der Waals surface area contributed by atoms with Gasteiger partial charge in [0.25, 0.3) is 5.91 Å². The number of nitrogens with zero attached hydrogens (tertiary/aromatic N) is 3. The molecule has 8 heteroatoms. The van der Waals surface area contributed by atoms with Crippen molar-refractivity contribution in [3.63, 3.8) is 0 Å². The number of thioether (sulfide) groups is 1. The molecule has 1 fully saturated rings. The van der Waals surface area contributed by atoms with Crippen molar-refractivity contribution in [2.75, 3.05) is 13.7 Å². The summed E-state index contributed by atoms with van der Waals surface area (Å²) < 4.78 is 7.03. The Hall–Kier alpha value is -3.81. The Morgan fingerprint density at radius 3 is 2.45 bits per heavy atom. The fourth-order valence-corrected chi connectivity index (χ4v) is 5.69. The van der Waals surface area contributed by atoms with Crippen LogP contribution in [0.15, 0.2) is 82.7 Å². The van der Waals surface area contributed by atoms with E-state index in [-0.39, 0.29) is 5.91 Å². The van der Waals surface area contributed by atoms with E-state index >= 15 is 0 Å². The molecule has 2 heterocycles. The number of amidine groups is 1. The molecule has 1 aliphatic rings. The van der Waals surface area contributed by atoms with Crippen molar-refractivity contribution in [3.8, 4) is 0 Å². The number of aromatic nitrogens is 1. The molecule has 0 spiro atoms. The third-order valence-electron chi connectivity index (χ3n) is 6.53. The Labute approximate surface area is 230 Å². The molecule has 1 saturated heterocycles. The Morgan fingerprint density at radius 2 is 1.76 bits per heavy atom. The standard InChI is InChI=1S/C30H26ClN3O3S/c1-4-33-28(35)27(38-30(33)32-23-15-11-21(12-16-23)29(36)37-3)17-25-19(2)34(26-8-6-5-7-24(25)26)18-20-9-13-22(31)14-10-20/h5-17H,4,18H2,1-3H3/b27-17+,32-30?. The summed E-state index contributed by atoms with van der Waals surface area (Å²) in [6.45, 7) is 5.21. The quantitative estimate of drug-likeness (QED) is 0.193. The van der Waals surface area contributed by atoms with Crippen LogP contribution in [0, 0.1) is 6.92 Å². The molecule has 38 heavy (non-hydrogen) atoms. The highest BCUT2D eigenvalue weighted by Gasteiger charge is 2.32. The highest BCUT2D eigenvalue weighted by Crippen LogP contribution is 2.37. The van der Waals surface area contributed by atoms with E-state index in [4.69, 9.17) is 21.3 Å². The molecule has 3 aromatic carbocycles. The summed E-state index contributed by atoms with van der Waals surface area (Å²) in [4.78, 5) is 32.1. The maximum absolute atomic E-state index is 13.4. The van der Waals surface area contributed by atoms with Gasteiger partial charge in [0.2, 0.25) is 0 Å². The summed E-state index contributed by atoms with van der Waals surface area (Å²) in [6, 6.07) is 22.9. The number of hydrogen-bond donors (Lipinski definition) is 0. The lowest BCUT2D eigenvalue weighted by Gasteiger charge is -2.12. The first kappa shape index (κ1) is 25.8. The number of rotatable bonds is 6. The zero-order valence-corrected chi connectivity index (χ0v) is 22.8. The van der Waals surface area contributed by atoms with Crippen LogP contribution >= 0.6 is 23.4 Å². The first-order valence-corrected chi connectivity index (χ1v) is 13.4. The molecule has 0 bridgehead atoms. The third-order valence-corrected chi connectivity index (χ3v) is 7.79. The number of amides is 1. The number of benzene rings is 3. The van der Waals surface area contributed by atoms with Gasteiger partial charge in [0, 0.05) is 40.3 Å². The number of esters is 1. The van der Waals surface area contributed by atoms with Gasteiger partial charge in [-0.1, -0.05) is 41.9 Å². The number of carbonyl (C=O) groups is 2. The van der Waals surface area contributed by atoms with E-state index in [0.29, 0.717) is 39.4 Å². The highest BCUT2D eigenvalue weighted by molar-refractivity contribution is 8.18. The van der Waals surface area contributed by atoms with E-state index in [9.17, 15) is 9.59 Å². The fraction of sp³-hybridized carbons (Fsp3) is 0.167. The second-order valence-corrected chi connectivity index (χ2v) is 10.3. The van der Waals surface area contributed by atoms with E-state index in [1.54, 1.807) is 29.2 Å². The van der Waals surface area contributed by atoms with Crippen molar-refractivity contribution < 1.29 is 14.3 Å². The van der Waals surface area contributed by atoms with Crippen LogP contribution in [-0.4, -0.2) is 40.2 Å². The van der Waals surface area contributed by atoms with E-state index < -0.39 is 5.97 Å². The van der Waals surface area contributed by atoms with Gasteiger partial charge in [-0.3, -0.25) is 9.69 Å². The summed E-state index contributed by atoms with van der Waals surface area (Å²) in [7, 11) is 1.35. The van der Waals surface area contributed by atoms with Crippen LogP contribution in [0.1, 0.15) is 34.1 Å². The summed E-state index contributed by atoms with van der Waals surface area (Å²) >= 11 is 7.45. The molecule has 5 rings (SSSR count). The molecule has 0 radical (unpaired) electrons. The summed E-state index contributed by atoms with van der Waals surface area (Å²) in [5.74, 6) is -0.475. The first-order valence-electron chi connectivity index (χ1n) is 12.2. The highest BCUT2D eigenvalue weighted by atomic mass is 35.5. The van der Waals surface area contributed by atoms with Gasteiger partial charge in [-0.05, 0) is 79.7 Å². The van der Waals surface area contributed by atoms with Gasteiger partial charge in [0.05, 0.1) is 23.3 Å². The van der Waals surface area contributed by atoms with Crippen LogP contribution in [0.3, 0.4) is 0 Å². The van der Waals surface area contributed by atoms with Gasteiger partial charge in [-0.15, -0.1) is 0 Å². The number of ether oxygens (including phenoxy) is 1. The normalized spacial score (nSPS) is 15.7. The van der Waals surface area contributed by atoms with Crippen LogP contribution in [0.4, 0.5) is 5.69 Å². The van der Waals surface area contributed by atoms with Gasteiger partial charge < -0.3 is 9.30 Å². The van der Waals surface area contributed by atoms with Gasteiger partial charge in [-0.25, -0.2) is 9.79 Å². The summed E-state index contributed by atoms with van der Waals surface area (Å²) in [6.07, 6.45) is 1.98. The summed E-state index contributed by atoms with van der Waals surface area (Å²) in [5.41, 5.74) is 5.45. The van der Waals surface area contributed by atoms with Gasteiger partial charge in [0.1, 0.15) is 0 Å². The number of methoxy groups -OCH3 is 1. The minimum absolute atomic E-state index is 0.0728. The van der Waals surface area contributed by atoms with E-state index in [1.807, 2.05) is 49.4 Å². The zero-order chi connectivity index (χ0) is 26.8. The SMILES string of the molecule is CCN1C(=O)/C(=C\c2c(C)n(Cc3ccc(Cl)cc3)c3ccccc23)SC1=Nc1ccc(C(=O)OC)cc1. The maximum atomic E-state index is 13.4. The zero-order valence-electron chi connectivity index (χ0n) is 21.3. The third kappa shape index (κ3) is 4.99. The van der Waals surface area contributed by atoms with Crippen molar-refractivity contribution in [3.05, 3.63) is 105 Å². The number of fused-ring (bicyclic) bond motifs is 1. The van der Waals surface area contributed by atoms with Crippen molar-refractivity contribution in [1.82, 2.24) is 9.47 Å². The molecule has 0 N–H and O–H groups in total. The second-order valence-electron chi connectivity index (χ2n) is 8.82. The minimum Gasteiger partial charge on any atom is -0.465 e. The van der Waals surface area contributed by atoms with Crippen LogP contribution in [0.2, 0.25) is 5.02 Å². The van der Waals surface area contributed by atoms with E-state index in [2.05, 4.69) is 23.6 Å². The lowest BCUT2D eigenvalue weighted by Crippen LogP contribution is -2.28. The molecular formula is C30H26ClN3O3S. The average molecular weight is 544 g/mol. The summed E-state index contributed by atoms with van der Waals surface area (Å²) in [5, 5.41) is 2.41. The van der Waals surface area contributed by atoms with Crippen LogP contribution in [-0.2, 0) is 16.1 Å². The number of carbonyl (C=O) groups excluding carboxylic acids is 2. The maximum Gasteiger partial charge on any atom is 0.337 e. The topological polar surface area (TPSA) is 63.9 Å². The van der Waals surface area contributed by atoms with Crippen LogP contribution < -0.4 is 0 Å². The van der Waals surface area contributed by atoms with Crippen molar-refractivity contribution in [2.24, 2.45) is 4.99 Å². The minimum atomic E-state index is -0.402. The molecule has 6 nitrogen and oxygen atoms in total. The Kier molecular flexibility index (Phi) is 7.40. The van der Waals surface area contributed by atoms with Crippen LogP contribution in [0.25, 0.3) is 17.0 Å². The second kappa shape index (κ2) is 10.9. The van der Waals surface area contributed by atoms with Crippen LogP contribution in [0.5, 0.6) is 0 Å². The number of halogens is 1. The lowest BCUT2D eigenvalue weighted by molar-refractivity contribution is -0.122. The molecule has 1 amide bonds.